The van der Waals surface area contributed by atoms with Crippen LogP contribution < -0.4 is 5.32 Å². The fourth-order valence-corrected chi connectivity index (χ4v) is 3.18. The smallest absolute Gasteiger partial charge is 0.417 e. The minimum atomic E-state index is -4.70. The number of carbonyl (C=O) groups is 1. The van der Waals surface area contributed by atoms with Gasteiger partial charge in [0.2, 0.25) is 0 Å². The van der Waals surface area contributed by atoms with Crippen molar-refractivity contribution in [2.75, 3.05) is 5.32 Å². The van der Waals surface area contributed by atoms with Crippen LogP contribution in [0.4, 0.5) is 18.9 Å². The predicted molar refractivity (Wildman–Crippen MR) is 113 cm³/mol. The number of alkyl halides is 3. The molecule has 0 atom stereocenters. The van der Waals surface area contributed by atoms with Crippen molar-refractivity contribution in [2.45, 2.75) is 6.18 Å². The minimum Gasteiger partial charge on any atom is -0.457 e. The molecule has 0 spiro atoms. The molecule has 1 aromatic heterocycles. The highest BCUT2D eigenvalue weighted by molar-refractivity contribution is 6.35. The van der Waals surface area contributed by atoms with Gasteiger partial charge in [-0.2, -0.15) is 18.4 Å². The third kappa shape index (κ3) is 5.42. The Morgan fingerprint density at radius 3 is 2.42 bits per heavy atom. The van der Waals surface area contributed by atoms with Crippen molar-refractivity contribution >= 4 is 52.5 Å². The first-order valence-corrected chi connectivity index (χ1v) is 9.57. The Morgan fingerprint density at radius 1 is 1.03 bits per heavy atom. The first-order valence-electron chi connectivity index (χ1n) is 8.43. The average Bonchev–Trinajstić information content (AvgIpc) is 3.17. The Morgan fingerprint density at radius 2 is 1.74 bits per heavy atom. The number of carbonyl (C=O) groups excluding carboxylic acids is 1. The number of halogens is 6. The van der Waals surface area contributed by atoms with Gasteiger partial charge in [-0.25, -0.2) is 0 Å². The molecular formula is C21H10Cl3F3N2O2. The summed E-state index contributed by atoms with van der Waals surface area (Å²) in [4.78, 5) is 12.4. The Bertz CT molecular complexity index is 1230. The quantitative estimate of drug-likeness (QED) is 0.308. The number of rotatable bonds is 4. The number of anilines is 1. The van der Waals surface area contributed by atoms with Gasteiger partial charge in [0.05, 0.1) is 15.6 Å². The molecule has 31 heavy (non-hydrogen) atoms. The highest BCUT2D eigenvalue weighted by Gasteiger charge is 2.33. The lowest BCUT2D eigenvalue weighted by Crippen LogP contribution is -2.14. The number of nitrogens with zero attached hydrogens (tertiary/aromatic N) is 1. The number of benzene rings is 2. The highest BCUT2D eigenvalue weighted by atomic mass is 35.5. The maximum atomic E-state index is 13.0. The summed E-state index contributed by atoms with van der Waals surface area (Å²) >= 11 is 17.7. The number of nitriles is 1. The third-order valence-electron chi connectivity index (χ3n) is 4.00. The van der Waals surface area contributed by atoms with Crippen LogP contribution in [0.3, 0.4) is 0 Å². The molecule has 0 aliphatic carbocycles. The summed E-state index contributed by atoms with van der Waals surface area (Å²) in [6.45, 7) is 0. The lowest BCUT2D eigenvalue weighted by Gasteiger charge is -2.11. The summed E-state index contributed by atoms with van der Waals surface area (Å²) < 4.78 is 44.6. The molecule has 10 heteroatoms. The molecule has 0 bridgehead atoms. The van der Waals surface area contributed by atoms with Crippen molar-refractivity contribution < 1.29 is 22.4 Å². The second-order valence-electron chi connectivity index (χ2n) is 6.14. The SMILES string of the molecule is N#CC(=Cc1ccc(-c2cc(Cl)ccc2Cl)o1)C(=O)Nc1ccc(Cl)c(C(F)(F)F)c1. The largest absolute Gasteiger partial charge is 0.457 e. The van der Waals surface area contributed by atoms with E-state index in [4.69, 9.17) is 39.2 Å². The average molecular weight is 486 g/mol. The molecule has 4 nitrogen and oxygen atoms in total. The molecule has 0 fully saturated rings. The van der Waals surface area contributed by atoms with E-state index in [2.05, 4.69) is 5.32 Å². The van der Waals surface area contributed by atoms with Gasteiger partial charge in [-0.15, -0.1) is 0 Å². The molecule has 0 aliphatic heterocycles. The fourth-order valence-electron chi connectivity index (χ4n) is 2.57. The first-order chi connectivity index (χ1) is 14.6. The van der Waals surface area contributed by atoms with Crippen molar-refractivity contribution in [3.8, 4) is 17.4 Å². The predicted octanol–water partition coefficient (Wildman–Crippen LogP) is 7.47. The monoisotopic (exact) mass is 484 g/mol. The normalized spacial score (nSPS) is 11.8. The van der Waals surface area contributed by atoms with E-state index >= 15 is 0 Å². The summed E-state index contributed by atoms with van der Waals surface area (Å²) in [6, 6.07) is 12.4. The second-order valence-corrected chi connectivity index (χ2v) is 7.39. The van der Waals surface area contributed by atoms with Crippen molar-refractivity contribution in [1.82, 2.24) is 0 Å². The molecule has 0 radical (unpaired) electrons. The minimum absolute atomic E-state index is 0.157. The zero-order chi connectivity index (χ0) is 22.8. The van der Waals surface area contributed by atoms with E-state index in [1.54, 1.807) is 30.3 Å². The first kappa shape index (κ1) is 22.8. The van der Waals surface area contributed by atoms with E-state index in [0.29, 0.717) is 27.4 Å². The van der Waals surface area contributed by atoms with E-state index < -0.39 is 22.7 Å². The summed E-state index contributed by atoms with van der Waals surface area (Å²) in [6.07, 6.45) is -3.55. The molecule has 1 amide bonds. The lowest BCUT2D eigenvalue weighted by atomic mass is 10.1. The van der Waals surface area contributed by atoms with Gasteiger partial charge in [0.1, 0.15) is 23.2 Å². The van der Waals surface area contributed by atoms with Gasteiger partial charge in [0.15, 0.2) is 0 Å². The topological polar surface area (TPSA) is 66.0 Å². The van der Waals surface area contributed by atoms with E-state index in [1.807, 2.05) is 0 Å². The molecule has 3 aromatic rings. The number of amides is 1. The number of hydrogen-bond donors (Lipinski definition) is 1. The summed E-state index contributed by atoms with van der Waals surface area (Å²) in [5, 5.41) is 11.9. The van der Waals surface area contributed by atoms with Crippen LogP contribution in [0.25, 0.3) is 17.4 Å². The maximum absolute atomic E-state index is 13.0. The van der Waals surface area contributed by atoms with Crippen LogP contribution in [-0.4, -0.2) is 5.91 Å². The van der Waals surface area contributed by atoms with Crippen LogP contribution in [0.1, 0.15) is 11.3 Å². The van der Waals surface area contributed by atoms with Crippen LogP contribution in [0, 0.1) is 11.3 Å². The molecular weight excluding hydrogens is 476 g/mol. The van der Waals surface area contributed by atoms with Crippen molar-refractivity contribution in [3.05, 3.63) is 80.5 Å². The standard InChI is InChI=1S/C21H10Cl3F3N2O2/c22-12-1-4-17(23)15(8-12)19-6-3-14(31-19)7-11(10-28)20(30)29-13-2-5-18(24)16(9-13)21(25,26)27/h1-9H,(H,29,30). The number of furan rings is 1. The summed E-state index contributed by atoms with van der Waals surface area (Å²) in [7, 11) is 0. The maximum Gasteiger partial charge on any atom is 0.417 e. The molecule has 0 saturated heterocycles. The Balaban J connectivity index is 1.85. The molecule has 158 valence electrons. The van der Waals surface area contributed by atoms with Crippen LogP contribution in [0.5, 0.6) is 0 Å². The van der Waals surface area contributed by atoms with E-state index in [1.165, 1.54) is 12.1 Å². The summed E-state index contributed by atoms with van der Waals surface area (Å²) in [5.41, 5.74) is -1.16. The van der Waals surface area contributed by atoms with Gasteiger partial charge in [-0.1, -0.05) is 34.8 Å². The zero-order valence-corrected chi connectivity index (χ0v) is 17.5. The van der Waals surface area contributed by atoms with E-state index in [0.717, 1.165) is 12.1 Å². The van der Waals surface area contributed by atoms with Crippen LogP contribution >= 0.6 is 34.8 Å². The number of hydrogen-bond acceptors (Lipinski definition) is 3. The third-order valence-corrected chi connectivity index (χ3v) is 4.90. The Hall–Kier alpha value is -2.92. The second kappa shape index (κ2) is 9.06. The Kier molecular flexibility index (Phi) is 6.65. The molecule has 0 saturated carbocycles. The van der Waals surface area contributed by atoms with Gasteiger partial charge in [0.25, 0.3) is 5.91 Å². The van der Waals surface area contributed by atoms with Crippen molar-refractivity contribution in [3.63, 3.8) is 0 Å². The highest BCUT2D eigenvalue weighted by Crippen LogP contribution is 2.36. The van der Waals surface area contributed by atoms with Gasteiger partial charge in [0, 0.05) is 22.3 Å². The van der Waals surface area contributed by atoms with Gasteiger partial charge >= 0.3 is 6.18 Å². The molecule has 1 N–H and O–H groups in total. The zero-order valence-electron chi connectivity index (χ0n) is 15.2. The molecule has 3 rings (SSSR count). The van der Waals surface area contributed by atoms with Crippen LogP contribution in [-0.2, 0) is 11.0 Å². The Labute approximate surface area is 189 Å². The molecule has 1 heterocycles. The molecule has 0 aliphatic rings. The van der Waals surface area contributed by atoms with E-state index in [9.17, 15) is 23.2 Å². The molecule has 2 aromatic carbocycles. The van der Waals surface area contributed by atoms with Crippen LogP contribution in [0.2, 0.25) is 15.1 Å². The number of nitrogens with one attached hydrogen (secondary N) is 1. The van der Waals surface area contributed by atoms with Gasteiger partial charge < -0.3 is 9.73 Å². The van der Waals surface area contributed by atoms with Gasteiger partial charge in [-0.3, -0.25) is 4.79 Å². The van der Waals surface area contributed by atoms with E-state index in [-0.39, 0.29) is 17.0 Å². The van der Waals surface area contributed by atoms with Gasteiger partial charge in [-0.05, 0) is 48.5 Å². The van der Waals surface area contributed by atoms with Crippen molar-refractivity contribution in [2.24, 2.45) is 0 Å². The molecule has 0 unspecified atom stereocenters. The fraction of sp³-hybridized carbons (Fsp3) is 0.0476. The van der Waals surface area contributed by atoms with Crippen molar-refractivity contribution in [1.29, 1.82) is 5.26 Å². The lowest BCUT2D eigenvalue weighted by molar-refractivity contribution is -0.137. The summed E-state index contributed by atoms with van der Waals surface area (Å²) in [5.74, 6) is -0.412. The van der Waals surface area contributed by atoms with Crippen LogP contribution in [0.15, 0.2) is 58.5 Å².